The van der Waals surface area contributed by atoms with Crippen LogP contribution in [0.25, 0.3) is 22.2 Å². The maximum absolute atomic E-state index is 12.7. The molecule has 3 N–H and O–H groups in total. The highest BCUT2D eigenvalue weighted by molar-refractivity contribution is 6.41. The third-order valence-electron chi connectivity index (χ3n) is 4.88. The Bertz CT molecular complexity index is 1140. The molecule has 4 rings (SSSR count). The second-order valence-corrected chi connectivity index (χ2v) is 7.55. The van der Waals surface area contributed by atoms with Gasteiger partial charge < -0.3 is 25.3 Å². The molecule has 162 valence electrons. The molecule has 0 radical (unpaired) electrons. The highest BCUT2D eigenvalue weighted by Gasteiger charge is 2.26. The van der Waals surface area contributed by atoms with Gasteiger partial charge in [-0.3, -0.25) is 4.79 Å². The number of carbonyl (C=O) groups is 1. The second kappa shape index (κ2) is 8.70. The zero-order valence-corrected chi connectivity index (χ0v) is 18.3. The molecule has 2 aromatic heterocycles. The molecule has 9 nitrogen and oxygen atoms in total. The van der Waals surface area contributed by atoms with Crippen LogP contribution in [0.15, 0.2) is 18.3 Å². The summed E-state index contributed by atoms with van der Waals surface area (Å²) in [6, 6.07) is 3.28. The highest BCUT2D eigenvalue weighted by atomic mass is 35.5. The van der Waals surface area contributed by atoms with E-state index < -0.39 is 6.10 Å². The van der Waals surface area contributed by atoms with Gasteiger partial charge in [-0.1, -0.05) is 23.2 Å². The molecule has 1 atom stereocenters. The fraction of sp³-hybridized carbons (Fsp3) is 0.300. The first-order chi connectivity index (χ1) is 14.9. The smallest absolute Gasteiger partial charge is 0.254 e. The van der Waals surface area contributed by atoms with Gasteiger partial charge in [-0.2, -0.15) is 0 Å². The van der Waals surface area contributed by atoms with Crippen LogP contribution in [0.2, 0.25) is 10.0 Å². The van der Waals surface area contributed by atoms with E-state index in [0.29, 0.717) is 46.7 Å². The van der Waals surface area contributed by atoms with Crippen molar-refractivity contribution in [2.75, 3.05) is 31.9 Å². The fourth-order valence-corrected chi connectivity index (χ4v) is 4.05. The van der Waals surface area contributed by atoms with E-state index in [2.05, 4.69) is 20.3 Å². The molecule has 0 bridgehead atoms. The largest absolute Gasteiger partial charge is 0.495 e. The molecule has 1 aromatic carbocycles. The Morgan fingerprint density at radius 1 is 1.19 bits per heavy atom. The van der Waals surface area contributed by atoms with Gasteiger partial charge in [0.15, 0.2) is 5.82 Å². The number of benzene rings is 1. The van der Waals surface area contributed by atoms with E-state index in [9.17, 15) is 4.79 Å². The third-order valence-corrected chi connectivity index (χ3v) is 5.63. The molecule has 0 aliphatic carbocycles. The Hall–Kier alpha value is -2.88. The van der Waals surface area contributed by atoms with Gasteiger partial charge in [-0.15, -0.1) is 0 Å². The first kappa shape index (κ1) is 21.4. The number of halogens is 2. The fourth-order valence-electron chi connectivity index (χ4n) is 3.36. The van der Waals surface area contributed by atoms with Crippen LogP contribution < -0.4 is 20.5 Å². The predicted octanol–water partition coefficient (Wildman–Crippen LogP) is 3.72. The standard InChI is InChI=1S/C20H19Cl2N5O4/c1-29-12-7-13(30-2)16(22)14(15(12)21)10-6-9-8-24-20(23)26-17(9)18(25-10)27-19(28)11-4-3-5-31-11/h6-8,11H,3-5H2,1-2H3,(H2,23,24,26)(H,25,27,28). The topological polar surface area (TPSA) is 121 Å². The minimum Gasteiger partial charge on any atom is -0.495 e. The van der Waals surface area contributed by atoms with Crippen molar-refractivity contribution >= 4 is 51.8 Å². The molecule has 3 aromatic rings. The highest BCUT2D eigenvalue weighted by Crippen LogP contribution is 2.46. The minimum absolute atomic E-state index is 0.0498. The molecule has 0 saturated carbocycles. The maximum Gasteiger partial charge on any atom is 0.254 e. The van der Waals surface area contributed by atoms with Crippen molar-refractivity contribution in [3.63, 3.8) is 0 Å². The van der Waals surface area contributed by atoms with E-state index in [1.807, 2.05) is 0 Å². The van der Waals surface area contributed by atoms with Gasteiger partial charge in [0.2, 0.25) is 5.95 Å². The monoisotopic (exact) mass is 463 g/mol. The molecule has 31 heavy (non-hydrogen) atoms. The van der Waals surface area contributed by atoms with E-state index in [0.717, 1.165) is 6.42 Å². The van der Waals surface area contributed by atoms with Gasteiger partial charge in [-0.25, -0.2) is 15.0 Å². The van der Waals surface area contributed by atoms with Crippen LogP contribution in [-0.2, 0) is 9.53 Å². The average Bonchev–Trinajstić information content (AvgIpc) is 3.30. The summed E-state index contributed by atoms with van der Waals surface area (Å²) in [7, 11) is 2.96. The molecule has 1 saturated heterocycles. The van der Waals surface area contributed by atoms with Crippen molar-refractivity contribution in [2.24, 2.45) is 0 Å². The number of ether oxygens (including phenoxy) is 3. The molecular formula is C20H19Cl2N5O4. The van der Waals surface area contributed by atoms with E-state index in [1.54, 1.807) is 12.1 Å². The molecule has 3 heterocycles. The lowest BCUT2D eigenvalue weighted by molar-refractivity contribution is -0.124. The first-order valence-corrected chi connectivity index (χ1v) is 10.1. The lowest BCUT2D eigenvalue weighted by Crippen LogP contribution is -2.27. The summed E-state index contributed by atoms with van der Waals surface area (Å²) in [6.45, 7) is 0.538. The van der Waals surface area contributed by atoms with E-state index in [4.69, 9.17) is 43.1 Å². The molecule has 1 aliphatic rings. The number of anilines is 2. The van der Waals surface area contributed by atoms with Gasteiger partial charge in [-0.05, 0) is 18.9 Å². The van der Waals surface area contributed by atoms with Crippen molar-refractivity contribution in [3.8, 4) is 22.8 Å². The van der Waals surface area contributed by atoms with Crippen molar-refractivity contribution in [2.45, 2.75) is 18.9 Å². The van der Waals surface area contributed by atoms with Crippen LogP contribution in [0.4, 0.5) is 11.8 Å². The van der Waals surface area contributed by atoms with E-state index in [-0.39, 0.29) is 27.7 Å². The number of nitrogens with zero attached hydrogens (tertiary/aromatic N) is 3. The number of hydrogen-bond donors (Lipinski definition) is 2. The number of nitrogens with two attached hydrogens (primary N) is 1. The third kappa shape index (κ3) is 4.04. The maximum atomic E-state index is 12.7. The zero-order valence-electron chi connectivity index (χ0n) is 16.7. The lowest BCUT2D eigenvalue weighted by atomic mass is 10.1. The Morgan fingerprint density at radius 2 is 1.90 bits per heavy atom. The summed E-state index contributed by atoms with van der Waals surface area (Å²) in [6.07, 6.45) is 2.43. The van der Waals surface area contributed by atoms with Gasteiger partial charge >= 0.3 is 0 Å². The van der Waals surface area contributed by atoms with Crippen molar-refractivity contribution in [1.29, 1.82) is 0 Å². The van der Waals surface area contributed by atoms with Crippen LogP contribution in [0.5, 0.6) is 11.5 Å². The van der Waals surface area contributed by atoms with Gasteiger partial charge in [0.25, 0.3) is 5.91 Å². The number of aromatic nitrogens is 3. The Balaban J connectivity index is 1.90. The Kier molecular flexibility index (Phi) is 5.99. The molecule has 1 aliphatic heterocycles. The van der Waals surface area contributed by atoms with Crippen molar-refractivity contribution < 1.29 is 19.0 Å². The lowest BCUT2D eigenvalue weighted by Gasteiger charge is -2.16. The number of rotatable bonds is 5. The number of fused-ring (bicyclic) bond motifs is 1. The molecule has 11 heteroatoms. The summed E-state index contributed by atoms with van der Waals surface area (Å²) in [5.41, 5.74) is 6.89. The summed E-state index contributed by atoms with van der Waals surface area (Å²) in [5, 5.41) is 3.86. The Labute approximate surface area is 187 Å². The molecule has 1 amide bonds. The summed E-state index contributed by atoms with van der Waals surface area (Å²) in [4.78, 5) is 25.5. The van der Waals surface area contributed by atoms with Gasteiger partial charge in [0, 0.05) is 29.8 Å². The number of nitrogen functional groups attached to an aromatic ring is 1. The molecule has 0 spiro atoms. The quantitative estimate of drug-likeness (QED) is 0.586. The Morgan fingerprint density at radius 3 is 2.52 bits per heavy atom. The SMILES string of the molecule is COc1cc(OC)c(Cl)c(-c2cc3cnc(N)nc3c(NC(=O)C3CCCO3)n2)c1Cl. The number of methoxy groups -OCH3 is 2. The van der Waals surface area contributed by atoms with Crippen LogP contribution in [-0.4, -0.2) is 47.8 Å². The average molecular weight is 464 g/mol. The predicted molar refractivity (Wildman–Crippen MR) is 118 cm³/mol. The number of nitrogens with one attached hydrogen (secondary N) is 1. The van der Waals surface area contributed by atoms with E-state index in [1.165, 1.54) is 20.4 Å². The number of carbonyl (C=O) groups excluding carboxylic acids is 1. The minimum atomic E-state index is -0.552. The normalized spacial score (nSPS) is 15.8. The van der Waals surface area contributed by atoms with Crippen LogP contribution >= 0.6 is 23.2 Å². The first-order valence-electron chi connectivity index (χ1n) is 9.39. The van der Waals surface area contributed by atoms with Crippen LogP contribution in [0.3, 0.4) is 0 Å². The number of amides is 1. The molecule has 1 fully saturated rings. The number of pyridine rings is 1. The van der Waals surface area contributed by atoms with Gasteiger partial charge in [0.1, 0.15) is 23.1 Å². The van der Waals surface area contributed by atoms with Crippen molar-refractivity contribution in [1.82, 2.24) is 15.0 Å². The van der Waals surface area contributed by atoms with Crippen LogP contribution in [0, 0.1) is 0 Å². The molecular weight excluding hydrogens is 445 g/mol. The summed E-state index contributed by atoms with van der Waals surface area (Å²) >= 11 is 13.1. The molecule has 1 unspecified atom stereocenters. The van der Waals surface area contributed by atoms with Gasteiger partial charge in [0.05, 0.1) is 30.0 Å². The van der Waals surface area contributed by atoms with Crippen molar-refractivity contribution in [3.05, 3.63) is 28.4 Å². The summed E-state index contributed by atoms with van der Waals surface area (Å²) < 4.78 is 16.2. The zero-order chi connectivity index (χ0) is 22.1. The van der Waals surface area contributed by atoms with Crippen LogP contribution in [0.1, 0.15) is 12.8 Å². The number of hydrogen-bond acceptors (Lipinski definition) is 8. The summed E-state index contributed by atoms with van der Waals surface area (Å²) in [5.74, 6) is 0.641. The van der Waals surface area contributed by atoms with E-state index >= 15 is 0 Å². The second-order valence-electron chi connectivity index (χ2n) is 6.80.